The maximum Gasteiger partial charge on any atom is 0.323 e. The fourth-order valence-electron chi connectivity index (χ4n) is 3.61. The third kappa shape index (κ3) is 4.29. The molecule has 0 radical (unpaired) electrons. The van der Waals surface area contributed by atoms with Gasteiger partial charge >= 0.3 is 6.03 Å². The summed E-state index contributed by atoms with van der Waals surface area (Å²) in [5.41, 5.74) is 2.41. The minimum atomic E-state index is -0.830. The molecule has 1 aliphatic rings. The van der Waals surface area contributed by atoms with E-state index in [4.69, 9.17) is 4.98 Å². The number of amides is 2. The van der Waals surface area contributed by atoms with Crippen molar-refractivity contribution in [3.8, 4) is 0 Å². The molecule has 1 aliphatic heterocycles. The molecule has 2 N–H and O–H groups in total. The van der Waals surface area contributed by atoms with Gasteiger partial charge in [0.25, 0.3) is 0 Å². The molecule has 7 heteroatoms. The molecule has 2 aromatic carbocycles. The molecular formula is C22H22F2N4O. The van der Waals surface area contributed by atoms with Crippen molar-refractivity contribution in [3.63, 3.8) is 0 Å². The van der Waals surface area contributed by atoms with Gasteiger partial charge < -0.3 is 15.5 Å². The first-order valence-electron chi connectivity index (χ1n) is 9.69. The molecule has 5 nitrogen and oxygen atoms in total. The fraction of sp³-hybridized carbons (Fsp3) is 0.273. The highest BCUT2D eigenvalue weighted by Crippen LogP contribution is 2.27. The number of benzene rings is 2. The van der Waals surface area contributed by atoms with Crippen LogP contribution in [0.4, 0.5) is 30.8 Å². The van der Waals surface area contributed by atoms with Crippen molar-refractivity contribution >= 4 is 34.1 Å². The highest BCUT2D eigenvalue weighted by molar-refractivity contribution is 6.01. The number of pyridine rings is 1. The van der Waals surface area contributed by atoms with Crippen LogP contribution in [-0.4, -0.2) is 24.1 Å². The number of piperidine rings is 1. The van der Waals surface area contributed by atoms with E-state index in [1.54, 1.807) is 6.07 Å². The Kier molecular flexibility index (Phi) is 5.29. The molecule has 150 valence electrons. The number of carbonyl (C=O) groups excluding carboxylic acids is 1. The average Bonchev–Trinajstić information content (AvgIpc) is 2.71. The van der Waals surface area contributed by atoms with Gasteiger partial charge in [-0.15, -0.1) is 0 Å². The van der Waals surface area contributed by atoms with E-state index < -0.39 is 17.7 Å². The van der Waals surface area contributed by atoms with Crippen LogP contribution in [0.25, 0.3) is 10.9 Å². The minimum Gasteiger partial charge on any atom is -0.357 e. The standard InChI is InChI=1S/C22H22F2N4O/c1-14-11-21(28-9-3-2-4-10-28)26-19-8-6-16(13-17(14)19)25-22(29)27-20-7-5-15(23)12-18(20)24/h5-8,11-13H,2-4,9-10H2,1H3,(H2,25,27,29). The van der Waals surface area contributed by atoms with Crippen molar-refractivity contribution in [1.29, 1.82) is 0 Å². The molecular weight excluding hydrogens is 374 g/mol. The summed E-state index contributed by atoms with van der Waals surface area (Å²) >= 11 is 0. The van der Waals surface area contributed by atoms with Crippen LogP contribution in [0.3, 0.4) is 0 Å². The number of nitrogens with one attached hydrogen (secondary N) is 2. The largest absolute Gasteiger partial charge is 0.357 e. The van der Waals surface area contributed by atoms with Gasteiger partial charge in [0.05, 0.1) is 11.2 Å². The zero-order valence-electron chi connectivity index (χ0n) is 16.1. The summed E-state index contributed by atoms with van der Waals surface area (Å²) in [7, 11) is 0. The lowest BCUT2D eigenvalue weighted by atomic mass is 10.1. The Morgan fingerprint density at radius 3 is 2.55 bits per heavy atom. The van der Waals surface area contributed by atoms with Crippen molar-refractivity contribution in [2.45, 2.75) is 26.2 Å². The highest BCUT2D eigenvalue weighted by Gasteiger charge is 2.14. The number of hydrogen-bond acceptors (Lipinski definition) is 3. The van der Waals surface area contributed by atoms with Gasteiger partial charge in [-0.2, -0.15) is 0 Å². The first-order valence-corrected chi connectivity index (χ1v) is 9.69. The summed E-state index contributed by atoms with van der Waals surface area (Å²) in [5, 5.41) is 6.01. The summed E-state index contributed by atoms with van der Waals surface area (Å²) in [4.78, 5) is 19.3. The van der Waals surface area contributed by atoms with Crippen LogP contribution in [0.1, 0.15) is 24.8 Å². The van der Waals surface area contributed by atoms with E-state index in [-0.39, 0.29) is 5.69 Å². The molecule has 0 bridgehead atoms. The maximum absolute atomic E-state index is 13.7. The Morgan fingerprint density at radius 1 is 1.00 bits per heavy atom. The lowest BCUT2D eigenvalue weighted by Gasteiger charge is -2.28. The zero-order chi connectivity index (χ0) is 20.4. The Balaban J connectivity index is 1.52. The van der Waals surface area contributed by atoms with Crippen LogP contribution in [0.5, 0.6) is 0 Å². The number of halogens is 2. The molecule has 4 rings (SSSR count). The van der Waals surface area contributed by atoms with E-state index in [0.29, 0.717) is 5.69 Å². The lowest BCUT2D eigenvalue weighted by Crippen LogP contribution is -2.30. The van der Waals surface area contributed by atoms with Crippen LogP contribution in [-0.2, 0) is 0 Å². The van der Waals surface area contributed by atoms with Crippen LogP contribution in [0, 0.1) is 18.6 Å². The average molecular weight is 396 g/mol. The topological polar surface area (TPSA) is 57.3 Å². The smallest absolute Gasteiger partial charge is 0.323 e. The maximum atomic E-state index is 13.7. The summed E-state index contributed by atoms with van der Waals surface area (Å²) in [5.74, 6) is -0.543. The Labute approximate surface area is 167 Å². The van der Waals surface area contributed by atoms with Gasteiger partial charge in [0.2, 0.25) is 0 Å². The van der Waals surface area contributed by atoms with E-state index in [2.05, 4.69) is 21.6 Å². The normalized spacial score (nSPS) is 14.1. The Bertz CT molecular complexity index is 1060. The van der Waals surface area contributed by atoms with E-state index >= 15 is 0 Å². The van der Waals surface area contributed by atoms with Crippen LogP contribution < -0.4 is 15.5 Å². The number of urea groups is 1. The van der Waals surface area contributed by atoms with Crippen molar-refractivity contribution in [2.75, 3.05) is 28.6 Å². The predicted molar refractivity (Wildman–Crippen MR) is 112 cm³/mol. The van der Waals surface area contributed by atoms with E-state index in [1.165, 1.54) is 25.3 Å². The van der Waals surface area contributed by atoms with E-state index in [0.717, 1.165) is 47.5 Å². The molecule has 0 atom stereocenters. The highest BCUT2D eigenvalue weighted by atomic mass is 19.1. The predicted octanol–water partition coefficient (Wildman–Crippen LogP) is 5.46. The van der Waals surface area contributed by atoms with Crippen LogP contribution in [0.15, 0.2) is 42.5 Å². The van der Waals surface area contributed by atoms with Crippen molar-refractivity contribution < 1.29 is 13.6 Å². The number of fused-ring (bicyclic) bond motifs is 1. The third-order valence-corrected chi connectivity index (χ3v) is 5.12. The van der Waals surface area contributed by atoms with E-state index in [9.17, 15) is 13.6 Å². The van der Waals surface area contributed by atoms with Gasteiger partial charge in [0.1, 0.15) is 17.5 Å². The number of hydrogen-bond donors (Lipinski definition) is 2. The number of carbonyl (C=O) groups is 1. The van der Waals surface area contributed by atoms with Crippen molar-refractivity contribution in [1.82, 2.24) is 4.98 Å². The third-order valence-electron chi connectivity index (χ3n) is 5.12. The monoisotopic (exact) mass is 396 g/mol. The second-order valence-corrected chi connectivity index (χ2v) is 7.28. The molecule has 0 spiro atoms. The van der Waals surface area contributed by atoms with Gasteiger partial charge in [-0.3, -0.25) is 0 Å². The Hall–Kier alpha value is -3.22. The van der Waals surface area contributed by atoms with Crippen LogP contribution >= 0.6 is 0 Å². The first-order chi connectivity index (χ1) is 14.0. The molecule has 0 unspecified atom stereocenters. The summed E-state index contributed by atoms with van der Waals surface area (Å²) in [6.07, 6.45) is 3.64. The molecule has 29 heavy (non-hydrogen) atoms. The molecule has 1 aromatic heterocycles. The number of nitrogens with zero attached hydrogens (tertiary/aromatic N) is 2. The molecule has 3 aromatic rings. The molecule has 2 heterocycles. The summed E-state index contributed by atoms with van der Waals surface area (Å²) < 4.78 is 26.7. The first kappa shape index (κ1) is 19.1. The molecule has 2 amide bonds. The second kappa shape index (κ2) is 8.03. The number of aromatic nitrogens is 1. The van der Waals surface area contributed by atoms with Crippen molar-refractivity contribution in [2.24, 2.45) is 0 Å². The van der Waals surface area contributed by atoms with Crippen molar-refractivity contribution in [3.05, 3.63) is 59.7 Å². The number of aryl methyl sites for hydroxylation is 1. The summed E-state index contributed by atoms with van der Waals surface area (Å²) in [6, 6.07) is 9.93. The minimum absolute atomic E-state index is 0.0892. The quantitative estimate of drug-likeness (QED) is 0.618. The summed E-state index contributed by atoms with van der Waals surface area (Å²) in [6.45, 7) is 4.07. The number of rotatable bonds is 3. The molecule has 1 saturated heterocycles. The Morgan fingerprint density at radius 2 is 1.79 bits per heavy atom. The zero-order valence-corrected chi connectivity index (χ0v) is 16.1. The SMILES string of the molecule is Cc1cc(N2CCCCC2)nc2ccc(NC(=O)Nc3ccc(F)cc3F)cc12. The second-order valence-electron chi connectivity index (χ2n) is 7.28. The molecule has 1 fully saturated rings. The molecule has 0 saturated carbocycles. The van der Waals surface area contributed by atoms with Crippen LogP contribution in [0.2, 0.25) is 0 Å². The van der Waals surface area contributed by atoms with Gasteiger partial charge in [-0.25, -0.2) is 18.6 Å². The fourth-order valence-corrected chi connectivity index (χ4v) is 3.61. The van der Waals surface area contributed by atoms with Gasteiger partial charge in [0, 0.05) is 30.2 Å². The van der Waals surface area contributed by atoms with Gasteiger partial charge in [-0.05, 0) is 68.1 Å². The lowest BCUT2D eigenvalue weighted by molar-refractivity contribution is 0.262. The number of anilines is 3. The van der Waals surface area contributed by atoms with Gasteiger partial charge in [0.15, 0.2) is 0 Å². The van der Waals surface area contributed by atoms with Gasteiger partial charge in [-0.1, -0.05) is 0 Å². The van der Waals surface area contributed by atoms with E-state index in [1.807, 2.05) is 19.1 Å². The molecule has 0 aliphatic carbocycles.